The number of rotatable bonds is 3. The van der Waals surface area contributed by atoms with Gasteiger partial charge >= 0.3 is 0 Å². The van der Waals surface area contributed by atoms with Gasteiger partial charge in [-0.15, -0.1) is 0 Å². The predicted molar refractivity (Wildman–Crippen MR) is 86.4 cm³/mol. The van der Waals surface area contributed by atoms with Crippen molar-refractivity contribution in [3.05, 3.63) is 65.5 Å². The quantitative estimate of drug-likeness (QED) is 0.941. The van der Waals surface area contributed by atoms with Crippen LogP contribution in [0.25, 0.3) is 0 Å². The van der Waals surface area contributed by atoms with Crippen LogP contribution in [0.15, 0.2) is 48.8 Å². The second kappa shape index (κ2) is 6.60. The summed E-state index contributed by atoms with van der Waals surface area (Å²) in [6.07, 6.45) is 4.19. The molecule has 3 rings (SSSR count). The third-order valence-electron chi connectivity index (χ3n) is 4.13. The highest BCUT2D eigenvalue weighted by Gasteiger charge is 2.34. The van der Waals surface area contributed by atoms with Gasteiger partial charge in [0.25, 0.3) is 0 Å². The van der Waals surface area contributed by atoms with Crippen LogP contribution in [0.5, 0.6) is 0 Å². The molecular formula is C18H19N3O2. The molecule has 0 saturated heterocycles. The third kappa shape index (κ3) is 3.23. The second-order valence-corrected chi connectivity index (χ2v) is 5.64. The Morgan fingerprint density at radius 1 is 1.26 bits per heavy atom. The summed E-state index contributed by atoms with van der Waals surface area (Å²) in [4.78, 5) is 30.3. The number of benzene rings is 1. The van der Waals surface area contributed by atoms with Crippen LogP contribution in [0, 0.1) is 0 Å². The van der Waals surface area contributed by atoms with Gasteiger partial charge in [0.15, 0.2) is 0 Å². The fourth-order valence-corrected chi connectivity index (χ4v) is 2.98. The molecule has 1 aromatic carbocycles. The van der Waals surface area contributed by atoms with E-state index in [0.717, 1.165) is 23.1 Å². The SMILES string of the molecule is CC(=O)N1CCc2ccccc2C1C(=O)NCc1cccnc1. The lowest BCUT2D eigenvalue weighted by Crippen LogP contribution is -2.46. The third-order valence-corrected chi connectivity index (χ3v) is 4.13. The monoisotopic (exact) mass is 309 g/mol. The molecule has 1 aromatic heterocycles. The summed E-state index contributed by atoms with van der Waals surface area (Å²) in [6, 6.07) is 11.0. The van der Waals surface area contributed by atoms with Crippen LogP contribution in [-0.4, -0.2) is 28.2 Å². The Morgan fingerprint density at radius 2 is 2.09 bits per heavy atom. The summed E-state index contributed by atoms with van der Waals surface area (Å²) in [5.41, 5.74) is 2.98. The van der Waals surface area contributed by atoms with Gasteiger partial charge in [0.05, 0.1) is 0 Å². The van der Waals surface area contributed by atoms with E-state index in [9.17, 15) is 9.59 Å². The maximum absolute atomic E-state index is 12.7. The summed E-state index contributed by atoms with van der Waals surface area (Å²) in [6.45, 7) is 2.48. The molecule has 1 aliphatic rings. The summed E-state index contributed by atoms with van der Waals surface area (Å²) >= 11 is 0. The highest BCUT2D eigenvalue weighted by atomic mass is 16.2. The molecule has 0 spiro atoms. The molecule has 0 bridgehead atoms. The van der Waals surface area contributed by atoms with Crippen LogP contribution < -0.4 is 5.32 Å². The van der Waals surface area contributed by atoms with Crippen molar-refractivity contribution in [2.75, 3.05) is 6.54 Å². The van der Waals surface area contributed by atoms with Gasteiger partial charge in [0.2, 0.25) is 11.8 Å². The van der Waals surface area contributed by atoms with E-state index < -0.39 is 6.04 Å². The Hall–Kier alpha value is -2.69. The zero-order valence-electron chi connectivity index (χ0n) is 13.0. The van der Waals surface area contributed by atoms with Gasteiger partial charge in [-0.1, -0.05) is 30.3 Å². The van der Waals surface area contributed by atoms with Crippen molar-refractivity contribution in [2.45, 2.75) is 25.9 Å². The number of nitrogens with zero attached hydrogens (tertiary/aromatic N) is 2. The highest BCUT2D eigenvalue weighted by molar-refractivity contribution is 5.88. The van der Waals surface area contributed by atoms with E-state index in [-0.39, 0.29) is 11.8 Å². The molecular weight excluding hydrogens is 290 g/mol. The molecule has 2 aromatic rings. The number of aromatic nitrogens is 1. The maximum atomic E-state index is 12.7. The average Bonchev–Trinajstić information content (AvgIpc) is 2.59. The molecule has 0 fully saturated rings. The standard InChI is InChI=1S/C18H19N3O2/c1-13(22)21-10-8-15-6-2-3-7-16(15)17(21)18(23)20-12-14-5-4-9-19-11-14/h2-7,9,11,17H,8,10,12H2,1H3,(H,20,23). The average molecular weight is 309 g/mol. The Labute approximate surface area is 135 Å². The molecule has 0 saturated carbocycles. The Morgan fingerprint density at radius 3 is 2.83 bits per heavy atom. The van der Waals surface area contributed by atoms with Gasteiger partial charge in [0.1, 0.15) is 6.04 Å². The van der Waals surface area contributed by atoms with Gasteiger partial charge < -0.3 is 10.2 Å². The molecule has 23 heavy (non-hydrogen) atoms. The number of pyridine rings is 1. The predicted octanol–water partition coefficient (Wildman–Crippen LogP) is 1.84. The summed E-state index contributed by atoms with van der Waals surface area (Å²) in [5, 5.41) is 2.92. The van der Waals surface area contributed by atoms with Gasteiger partial charge in [0, 0.05) is 32.4 Å². The Balaban J connectivity index is 1.82. The first-order valence-corrected chi connectivity index (χ1v) is 7.68. The van der Waals surface area contributed by atoms with E-state index in [1.807, 2.05) is 36.4 Å². The molecule has 2 amide bonds. The Bertz CT molecular complexity index is 715. The number of hydrogen-bond acceptors (Lipinski definition) is 3. The van der Waals surface area contributed by atoms with E-state index in [1.165, 1.54) is 6.92 Å². The number of carbonyl (C=O) groups is 2. The summed E-state index contributed by atoms with van der Waals surface area (Å²) in [5.74, 6) is -0.239. The number of fused-ring (bicyclic) bond motifs is 1. The zero-order chi connectivity index (χ0) is 16.2. The van der Waals surface area contributed by atoms with Crippen molar-refractivity contribution in [1.29, 1.82) is 0 Å². The van der Waals surface area contributed by atoms with E-state index in [1.54, 1.807) is 17.3 Å². The molecule has 5 heteroatoms. The van der Waals surface area contributed by atoms with Crippen LogP contribution in [0.1, 0.15) is 29.7 Å². The van der Waals surface area contributed by atoms with Crippen molar-refractivity contribution in [3.8, 4) is 0 Å². The minimum Gasteiger partial charge on any atom is -0.350 e. The first-order valence-electron chi connectivity index (χ1n) is 7.68. The number of carbonyl (C=O) groups excluding carboxylic acids is 2. The zero-order valence-corrected chi connectivity index (χ0v) is 13.0. The molecule has 1 aliphatic heterocycles. The lowest BCUT2D eigenvalue weighted by molar-refractivity contribution is -0.139. The Kier molecular flexibility index (Phi) is 4.37. The fraction of sp³-hybridized carbons (Fsp3) is 0.278. The van der Waals surface area contributed by atoms with Crippen molar-refractivity contribution < 1.29 is 9.59 Å². The smallest absolute Gasteiger partial charge is 0.247 e. The normalized spacial score (nSPS) is 16.6. The van der Waals surface area contributed by atoms with Gasteiger partial charge in [-0.25, -0.2) is 0 Å². The maximum Gasteiger partial charge on any atom is 0.247 e. The van der Waals surface area contributed by atoms with E-state index in [4.69, 9.17) is 0 Å². The molecule has 5 nitrogen and oxygen atoms in total. The topological polar surface area (TPSA) is 62.3 Å². The number of nitrogens with one attached hydrogen (secondary N) is 1. The largest absolute Gasteiger partial charge is 0.350 e. The van der Waals surface area contributed by atoms with Crippen molar-refractivity contribution in [2.24, 2.45) is 0 Å². The molecule has 1 unspecified atom stereocenters. The van der Waals surface area contributed by atoms with E-state index in [0.29, 0.717) is 13.1 Å². The van der Waals surface area contributed by atoms with Gasteiger partial charge in [-0.2, -0.15) is 0 Å². The summed E-state index contributed by atoms with van der Waals surface area (Å²) in [7, 11) is 0. The molecule has 1 atom stereocenters. The van der Waals surface area contributed by atoms with E-state index in [2.05, 4.69) is 10.3 Å². The van der Waals surface area contributed by atoms with Gasteiger partial charge in [-0.3, -0.25) is 14.6 Å². The molecule has 118 valence electrons. The van der Waals surface area contributed by atoms with Crippen LogP contribution in [-0.2, 0) is 22.6 Å². The van der Waals surface area contributed by atoms with Crippen LogP contribution in [0.2, 0.25) is 0 Å². The minimum atomic E-state index is -0.561. The van der Waals surface area contributed by atoms with E-state index >= 15 is 0 Å². The van der Waals surface area contributed by atoms with Crippen LogP contribution in [0.4, 0.5) is 0 Å². The molecule has 1 N–H and O–H groups in total. The number of amides is 2. The highest BCUT2D eigenvalue weighted by Crippen LogP contribution is 2.30. The lowest BCUT2D eigenvalue weighted by atomic mass is 9.92. The van der Waals surface area contributed by atoms with Crippen molar-refractivity contribution in [1.82, 2.24) is 15.2 Å². The first kappa shape index (κ1) is 15.2. The van der Waals surface area contributed by atoms with Gasteiger partial charge in [-0.05, 0) is 29.2 Å². The van der Waals surface area contributed by atoms with Crippen molar-refractivity contribution >= 4 is 11.8 Å². The molecule has 2 heterocycles. The number of hydrogen-bond donors (Lipinski definition) is 1. The van der Waals surface area contributed by atoms with Crippen molar-refractivity contribution in [3.63, 3.8) is 0 Å². The molecule has 0 aliphatic carbocycles. The van der Waals surface area contributed by atoms with Crippen LogP contribution in [0.3, 0.4) is 0 Å². The molecule has 0 radical (unpaired) electrons. The summed E-state index contributed by atoms with van der Waals surface area (Å²) < 4.78 is 0. The second-order valence-electron chi connectivity index (χ2n) is 5.64. The first-order chi connectivity index (χ1) is 11.2. The fourth-order valence-electron chi connectivity index (χ4n) is 2.98. The lowest BCUT2D eigenvalue weighted by Gasteiger charge is -2.35. The minimum absolute atomic E-state index is 0.0824. The van der Waals surface area contributed by atoms with Crippen LogP contribution >= 0.6 is 0 Å².